The molecule has 0 aromatic heterocycles. The third kappa shape index (κ3) is 3.20. The molecule has 114 valence electrons. The largest absolute Gasteiger partial charge is 0.334 e. The number of nitrogens with two attached hydrogens (primary N) is 1. The van der Waals surface area contributed by atoms with Gasteiger partial charge < -0.3 is 10.2 Å². The number of benzene rings is 2. The van der Waals surface area contributed by atoms with E-state index in [2.05, 4.69) is 36.5 Å². The maximum atomic E-state index is 12.8. The highest BCUT2D eigenvalue weighted by Gasteiger charge is 2.34. The maximum Gasteiger partial charge on any atom is 0.281 e. The molecule has 2 atom stereocenters. The van der Waals surface area contributed by atoms with E-state index in [9.17, 15) is 4.79 Å². The molecule has 1 heterocycles. The van der Waals surface area contributed by atoms with Crippen molar-refractivity contribution < 1.29 is 10.1 Å². The van der Waals surface area contributed by atoms with Gasteiger partial charge in [-0.1, -0.05) is 60.7 Å². The zero-order chi connectivity index (χ0) is 15.4. The van der Waals surface area contributed by atoms with Crippen LogP contribution in [0.25, 0.3) is 0 Å². The smallest absolute Gasteiger partial charge is 0.281 e. The van der Waals surface area contributed by atoms with Crippen LogP contribution < -0.4 is 5.32 Å². The van der Waals surface area contributed by atoms with Gasteiger partial charge in [0.25, 0.3) is 5.91 Å². The second kappa shape index (κ2) is 6.75. The molecule has 2 aromatic rings. The Balaban J connectivity index is 1.72. The van der Waals surface area contributed by atoms with E-state index in [1.165, 1.54) is 11.1 Å². The van der Waals surface area contributed by atoms with Gasteiger partial charge in [0.05, 0.1) is 19.1 Å². The number of quaternary nitrogens is 1. The van der Waals surface area contributed by atoms with Crippen LogP contribution in [0.3, 0.4) is 0 Å². The minimum absolute atomic E-state index is 0.00214. The van der Waals surface area contributed by atoms with Gasteiger partial charge in [0.2, 0.25) is 0 Å². The molecular weight excluding hydrogens is 272 g/mol. The van der Waals surface area contributed by atoms with Crippen molar-refractivity contribution in [2.75, 3.05) is 13.1 Å². The van der Waals surface area contributed by atoms with E-state index >= 15 is 0 Å². The van der Waals surface area contributed by atoms with Gasteiger partial charge in [-0.15, -0.1) is 0 Å². The Bertz CT molecular complexity index is 612. The van der Waals surface area contributed by atoms with Crippen LogP contribution in [0.15, 0.2) is 60.7 Å². The molecule has 22 heavy (non-hydrogen) atoms. The Labute approximate surface area is 132 Å². The molecule has 3 nitrogen and oxygen atoms in total. The van der Waals surface area contributed by atoms with E-state index in [4.69, 9.17) is 0 Å². The molecule has 1 aliphatic heterocycles. The quantitative estimate of drug-likeness (QED) is 0.917. The van der Waals surface area contributed by atoms with E-state index in [1.54, 1.807) is 0 Å². The van der Waals surface area contributed by atoms with E-state index in [0.29, 0.717) is 0 Å². The lowest BCUT2D eigenvalue weighted by Crippen LogP contribution is -2.97. The third-order valence-corrected chi connectivity index (χ3v) is 4.47. The fraction of sp³-hybridized carbons (Fsp3) is 0.316. The molecule has 0 radical (unpaired) electrons. The summed E-state index contributed by atoms with van der Waals surface area (Å²) in [6.07, 6.45) is 0.803. The predicted octanol–water partition coefficient (Wildman–Crippen LogP) is 1.76. The van der Waals surface area contributed by atoms with E-state index in [-0.39, 0.29) is 18.0 Å². The third-order valence-electron chi connectivity index (χ3n) is 4.47. The van der Waals surface area contributed by atoms with Crippen molar-refractivity contribution in [3.63, 3.8) is 0 Å². The second-order valence-corrected chi connectivity index (χ2v) is 5.94. The van der Waals surface area contributed by atoms with Gasteiger partial charge in [0.15, 0.2) is 6.04 Å². The highest BCUT2D eigenvalue weighted by molar-refractivity contribution is 5.81. The number of rotatable bonds is 4. The Morgan fingerprint density at radius 2 is 1.73 bits per heavy atom. The first-order valence-corrected chi connectivity index (χ1v) is 7.98. The summed E-state index contributed by atoms with van der Waals surface area (Å²) in [6, 6.07) is 20.7. The van der Waals surface area contributed by atoms with Crippen molar-refractivity contribution in [3.8, 4) is 0 Å². The van der Waals surface area contributed by atoms with E-state index in [1.807, 2.05) is 41.3 Å². The number of nitrogens with zero attached hydrogens (tertiary/aromatic N) is 1. The fourth-order valence-corrected chi connectivity index (χ4v) is 3.17. The average molecular weight is 295 g/mol. The van der Waals surface area contributed by atoms with Crippen molar-refractivity contribution in [1.82, 2.24) is 4.90 Å². The van der Waals surface area contributed by atoms with Gasteiger partial charge in [-0.05, 0) is 18.1 Å². The summed E-state index contributed by atoms with van der Waals surface area (Å²) in [7, 11) is 0. The molecule has 0 unspecified atom stereocenters. The van der Waals surface area contributed by atoms with E-state index in [0.717, 1.165) is 19.5 Å². The number of carbonyl (C=O) groups is 1. The molecule has 1 fully saturated rings. The van der Waals surface area contributed by atoms with Crippen LogP contribution in [0.5, 0.6) is 0 Å². The van der Waals surface area contributed by atoms with Gasteiger partial charge in [-0.25, -0.2) is 0 Å². The maximum absolute atomic E-state index is 12.8. The predicted molar refractivity (Wildman–Crippen MR) is 87.3 cm³/mol. The summed E-state index contributed by atoms with van der Waals surface area (Å²) in [5.74, 6) is 0.256. The molecular formula is C19H23N2O+. The van der Waals surface area contributed by atoms with Crippen LogP contribution in [-0.2, 0) is 11.2 Å². The lowest BCUT2D eigenvalue weighted by Gasteiger charge is -2.35. The first-order chi connectivity index (χ1) is 10.8. The molecule has 1 amide bonds. The van der Waals surface area contributed by atoms with Gasteiger partial charge in [0.1, 0.15) is 0 Å². The zero-order valence-electron chi connectivity index (χ0n) is 13.0. The standard InChI is InChI=1S/C19H22N2O/c1-15(17-10-6-3-7-11-17)21-13-12-20-18(19(21)22)14-16-8-4-2-5-9-16/h2-11,15,18,20H,12-14H2,1H3/p+1/t15-,18+/m0/s1. The molecule has 2 aromatic carbocycles. The summed E-state index contributed by atoms with van der Waals surface area (Å²) >= 11 is 0. The number of amides is 1. The topological polar surface area (TPSA) is 36.9 Å². The Morgan fingerprint density at radius 1 is 1.09 bits per heavy atom. The number of hydrogen-bond donors (Lipinski definition) is 1. The Kier molecular flexibility index (Phi) is 4.54. The lowest BCUT2D eigenvalue weighted by atomic mass is 10.00. The molecule has 0 saturated carbocycles. The second-order valence-electron chi connectivity index (χ2n) is 5.94. The van der Waals surface area contributed by atoms with Crippen LogP contribution >= 0.6 is 0 Å². The molecule has 0 spiro atoms. The van der Waals surface area contributed by atoms with Crippen LogP contribution in [0, 0.1) is 0 Å². The molecule has 3 rings (SSSR count). The average Bonchev–Trinajstić information content (AvgIpc) is 2.58. The minimum Gasteiger partial charge on any atom is -0.334 e. The minimum atomic E-state index is 0.00214. The van der Waals surface area contributed by atoms with Crippen molar-refractivity contribution in [1.29, 1.82) is 0 Å². The number of piperazine rings is 1. The van der Waals surface area contributed by atoms with Gasteiger partial charge >= 0.3 is 0 Å². The molecule has 0 aliphatic carbocycles. The molecule has 2 N–H and O–H groups in total. The summed E-state index contributed by atoms with van der Waals surface area (Å²) < 4.78 is 0. The Morgan fingerprint density at radius 3 is 2.41 bits per heavy atom. The van der Waals surface area contributed by atoms with Gasteiger partial charge in [-0.2, -0.15) is 0 Å². The summed E-state index contributed by atoms with van der Waals surface area (Å²) in [4.78, 5) is 14.9. The summed E-state index contributed by atoms with van der Waals surface area (Å²) in [5, 5.41) is 2.18. The summed E-state index contributed by atoms with van der Waals surface area (Å²) in [5.41, 5.74) is 2.43. The highest BCUT2D eigenvalue weighted by atomic mass is 16.2. The van der Waals surface area contributed by atoms with Crippen molar-refractivity contribution in [2.24, 2.45) is 0 Å². The summed E-state index contributed by atoms with van der Waals surface area (Å²) in [6.45, 7) is 3.92. The van der Waals surface area contributed by atoms with Crippen LogP contribution in [0.1, 0.15) is 24.1 Å². The first-order valence-electron chi connectivity index (χ1n) is 7.98. The van der Waals surface area contributed by atoms with Crippen LogP contribution in [0.4, 0.5) is 0 Å². The van der Waals surface area contributed by atoms with Gasteiger partial charge in [0, 0.05) is 6.42 Å². The monoisotopic (exact) mass is 295 g/mol. The normalized spacial score (nSPS) is 20.0. The fourth-order valence-electron chi connectivity index (χ4n) is 3.17. The Hall–Kier alpha value is -2.13. The van der Waals surface area contributed by atoms with E-state index < -0.39 is 0 Å². The van der Waals surface area contributed by atoms with Crippen molar-refractivity contribution in [2.45, 2.75) is 25.4 Å². The SMILES string of the molecule is C[C@@H](c1ccccc1)N1CC[NH2+][C@H](Cc2ccccc2)C1=O. The highest BCUT2D eigenvalue weighted by Crippen LogP contribution is 2.21. The number of carbonyl (C=O) groups excluding carboxylic acids is 1. The number of hydrogen-bond acceptors (Lipinski definition) is 1. The van der Waals surface area contributed by atoms with Crippen molar-refractivity contribution in [3.05, 3.63) is 71.8 Å². The van der Waals surface area contributed by atoms with Gasteiger partial charge in [-0.3, -0.25) is 4.79 Å². The van der Waals surface area contributed by atoms with Crippen LogP contribution in [0.2, 0.25) is 0 Å². The van der Waals surface area contributed by atoms with Crippen LogP contribution in [-0.4, -0.2) is 29.9 Å². The first kappa shape index (κ1) is 14.8. The van der Waals surface area contributed by atoms with Crippen molar-refractivity contribution >= 4 is 5.91 Å². The molecule has 1 aliphatic rings. The molecule has 3 heteroatoms. The molecule has 1 saturated heterocycles. The zero-order valence-corrected chi connectivity index (χ0v) is 13.0. The lowest BCUT2D eigenvalue weighted by molar-refractivity contribution is -0.683. The molecule has 0 bridgehead atoms.